The first-order valence-electron chi connectivity index (χ1n) is 6.16. The molecule has 1 heterocycles. The van der Waals surface area contributed by atoms with E-state index >= 15 is 0 Å². The van der Waals surface area contributed by atoms with E-state index in [2.05, 4.69) is 25.1 Å². The fraction of sp³-hybridized carbons (Fsp3) is 0.200. The smallest absolute Gasteiger partial charge is 0.153 e. The molecule has 2 nitrogen and oxygen atoms in total. The predicted octanol–water partition coefficient (Wildman–Crippen LogP) is 3.29. The number of para-hydroxylation sites is 1. The molecule has 2 aromatic rings. The summed E-state index contributed by atoms with van der Waals surface area (Å²) in [6.45, 7) is 2.87. The van der Waals surface area contributed by atoms with Crippen molar-refractivity contribution in [1.29, 1.82) is 0 Å². The molecule has 1 aliphatic heterocycles. The van der Waals surface area contributed by atoms with Gasteiger partial charge < -0.3 is 0 Å². The van der Waals surface area contributed by atoms with E-state index < -0.39 is 11.0 Å². The highest BCUT2D eigenvalue weighted by Crippen LogP contribution is 2.33. The highest BCUT2D eigenvalue weighted by atomic mass is 32.2. The van der Waals surface area contributed by atoms with Crippen molar-refractivity contribution in [2.75, 3.05) is 4.31 Å². The molecule has 2 aromatic carbocycles. The second-order valence-corrected chi connectivity index (χ2v) is 5.75. The van der Waals surface area contributed by atoms with Crippen LogP contribution in [0.25, 0.3) is 0 Å². The number of anilines is 1. The molecular weight excluding hydrogens is 242 g/mol. The molecule has 1 unspecified atom stereocenters. The van der Waals surface area contributed by atoms with Crippen molar-refractivity contribution in [1.82, 2.24) is 0 Å². The quantitative estimate of drug-likeness (QED) is 0.808. The van der Waals surface area contributed by atoms with Crippen molar-refractivity contribution in [2.45, 2.75) is 24.8 Å². The van der Waals surface area contributed by atoms with E-state index in [1.54, 1.807) is 0 Å². The maximum Gasteiger partial charge on any atom is 0.153 e. The van der Waals surface area contributed by atoms with E-state index in [1.165, 1.54) is 11.1 Å². The summed E-state index contributed by atoms with van der Waals surface area (Å²) in [5.74, 6) is 0. The number of fused-ring (bicyclic) bond motifs is 1. The van der Waals surface area contributed by atoms with Crippen LogP contribution in [-0.2, 0) is 24.0 Å². The zero-order chi connectivity index (χ0) is 12.5. The summed E-state index contributed by atoms with van der Waals surface area (Å²) >= 11 is 0. The fourth-order valence-corrected chi connectivity index (χ4v) is 3.77. The molecule has 92 valence electrons. The van der Waals surface area contributed by atoms with Crippen molar-refractivity contribution in [3.05, 3.63) is 59.7 Å². The Labute approximate surface area is 110 Å². The van der Waals surface area contributed by atoms with Gasteiger partial charge in [-0.3, -0.25) is 4.31 Å². The predicted molar refractivity (Wildman–Crippen MR) is 74.9 cm³/mol. The van der Waals surface area contributed by atoms with Gasteiger partial charge in [-0.25, -0.2) is 4.21 Å². The van der Waals surface area contributed by atoms with Gasteiger partial charge in [-0.2, -0.15) is 0 Å². The van der Waals surface area contributed by atoms with Gasteiger partial charge in [-0.1, -0.05) is 43.3 Å². The van der Waals surface area contributed by atoms with Gasteiger partial charge in [-0.05, 0) is 29.7 Å². The summed E-state index contributed by atoms with van der Waals surface area (Å²) in [5.41, 5.74) is 3.51. The number of nitrogens with zero attached hydrogens (tertiary/aromatic N) is 1. The van der Waals surface area contributed by atoms with Gasteiger partial charge in [0.2, 0.25) is 0 Å². The maximum absolute atomic E-state index is 12.5. The lowest BCUT2D eigenvalue weighted by atomic mass is 10.1. The first-order valence-corrected chi connectivity index (χ1v) is 7.27. The Morgan fingerprint density at radius 3 is 2.61 bits per heavy atom. The van der Waals surface area contributed by atoms with Gasteiger partial charge in [0.25, 0.3) is 0 Å². The third-order valence-corrected chi connectivity index (χ3v) is 4.82. The summed E-state index contributed by atoms with van der Waals surface area (Å²) in [6, 6.07) is 16.2. The van der Waals surface area contributed by atoms with Crippen LogP contribution in [-0.4, -0.2) is 4.21 Å². The molecule has 0 aromatic heterocycles. The molecule has 3 heteroatoms. The number of hydrogen-bond acceptors (Lipinski definition) is 1. The average Bonchev–Trinajstić information content (AvgIpc) is 2.76. The van der Waals surface area contributed by atoms with Gasteiger partial charge in [0.1, 0.15) is 0 Å². The molecule has 0 aliphatic carbocycles. The van der Waals surface area contributed by atoms with Crippen LogP contribution in [0.3, 0.4) is 0 Å². The van der Waals surface area contributed by atoms with Crippen molar-refractivity contribution < 1.29 is 4.21 Å². The van der Waals surface area contributed by atoms with Crippen LogP contribution in [0.5, 0.6) is 0 Å². The van der Waals surface area contributed by atoms with Crippen molar-refractivity contribution in [3.8, 4) is 0 Å². The van der Waals surface area contributed by atoms with E-state index in [1.807, 2.05) is 34.6 Å². The Balaban J connectivity index is 2.04. The van der Waals surface area contributed by atoms with Crippen LogP contribution in [0.15, 0.2) is 53.4 Å². The molecule has 0 N–H and O–H groups in total. The Hall–Kier alpha value is -1.61. The molecule has 1 aliphatic rings. The standard InChI is InChI=1S/C15H15NOS/c1-2-12-7-3-5-9-14(12)16-11-13-8-4-6-10-15(13)18(16)17/h3-10H,2,11H2,1H3. The van der Waals surface area contributed by atoms with Gasteiger partial charge in [0.15, 0.2) is 11.0 Å². The highest BCUT2D eigenvalue weighted by Gasteiger charge is 2.27. The van der Waals surface area contributed by atoms with Crippen LogP contribution in [0.2, 0.25) is 0 Å². The Kier molecular flexibility index (Phi) is 2.92. The van der Waals surface area contributed by atoms with Crippen LogP contribution < -0.4 is 4.31 Å². The van der Waals surface area contributed by atoms with Crippen LogP contribution in [0.4, 0.5) is 5.69 Å². The molecular formula is C15H15NOS. The molecule has 0 radical (unpaired) electrons. The molecule has 0 bridgehead atoms. The Bertz CT molecular complexity index is 609. The molecule has 18 heavy (non-hydrogen) atoms. The molecule has 0 saturated carbocycles. The van der Waals surface area contributed by atoms with Crippen molar-refractivity contribution in [3.63, 3.8) is 0 Å². The molecule has 3 rings (SSSR count). The summed E-state index contributed by atoms with van der Waals surface area (Å²) in [7, 11) is -1.07. The lowest BCUT2D eigenvalue weighted by Crippen LogP contribution is -2.19. The second kappa shape index (κ2) is 4.58. The molecule has 0 amide bonds. The zero-order valence-corrected chi connectivity index (χ0v) is 11.1. The average molecular weight is 257 g/mol. The second-order valence-electron chi connectivity index (χ2n) is 4.38. The van der Waals surface area contributed by atoms with Gasteiger partial charge in [0.05, 0.1) is 17.1 Å². The monoisotopic (exact) mass is 257 g/mol. The van der Waals surface area contributed by atoms with Crippen LogP contribution in [0, 0.1) is 0 Å². The van der Waals surface area contributed by atoms with Gasteiger partial charge >= 0.3 is 0 Å². The van der Waals surface area contributed by atoms with Crippen LogP contribution >= 0.6 is 0 Å². The van der Waals surface area contributed by atoms with Crippen molar-refractivity contribution >= 4 is 16.7 Å². The molecule has 1 atom stereocenters. The SMILES string of the molecule is CCc1ccccc1N1Cc2ccccc2S1=O. The summed E-state index contributed by atoms with van der Waals surface area (Å²) in [6.07, 6.45) is 0.959. The molecule has 0 fully saturated rings. The van der Waals surface area contributed by atoms with E-state index in [4.69, 9.17) is 0 Å². The maximum atomic E-state index is 12.5. The largest absolute Gasteiger partial charge is 0.283 e. The minimum Gasteiger partial charge on any atom is -0.283 e. The van der Waals surface area contributed by atoms with E-state index in [0.29, 0.717) is 0 Å². The lowest BCUT2D eigenvalue weighted by molar-refractivity contribution is 0.683. The first kappa shape index (κ1) is 11.5. The van der Waals surface area contributed by atoms with Gasteiger partial charge in [0, 0.05) is 0 Å². The summed E-state index contributed by atoms with van der Waals surface area (Å²) in [4.78, 5) is 0.948. The number of aryl methyl sites for hydroxylation is 1. The number of benzene rings is 2. The Morgan fingerprint density at radius 1 is 1.11 bits per heavy atom. The topological polar surface area (TPSA) is 20.3 Å². The molecule has 0 spiro atoms. The summed E-state index contributed by atoms with van der Waals surface area (Å²) < 4.78 is 14.5. The third-order valence-electron chi connectivity index (χ3n) is 3.32. The number of hydrogen-bond donors (Lipinski definition) is 0. The first-order chi connectivity index (χ1) is 8.81. The van der Waals surface area contributed by atoms with E-state index in [-0.39, 0.29) is 0 Å². The number of rotatable bonds is 2. The van der Waals surface area contributed by atoms with E-state index in [0.717, 1.165) is 23.5 Å². The minimum atomic E-state index is -1.07. The highest BCUT2D eigenvalue weighted by molar-refractivity contribution is 7.86. The lowest BCUT2D eigenvalue weighted by Gasteiger charge is -2.19. The third kappa shape index (κ3) is 1.75. The van der Waals surface area contributed by atoms with E-state index in [9.17, 15) is 4.21 Å². The minimum absolute atomic E-state index is 0.736. The van der Waals surface area contributed by atoms with Crippen LogP contribution in [0.1, 0.15) is 18.1 Å². The fourth-order valence-electron chi connectivity index (χ4n) is 2.36. The van der Waals surface area contributed by atoms with Gasteiger partial charge in [-0.15, -0.1) is 0 Å². The normalized spacial score (nSPS) is 17.8. The zero-order valence-electron chi connectivity index (χ0n) is 10.3. The van der Waals surface area contributed by atoms with Crippen molar-refractivity contribution in [2.24, 2.45) is 0 Å². The summed E-state index contributed by atoms with van der Waals surface area (Å²) in [5, 5.41) is 0. The Morgan fingerprint density at radius 2 is 1.83 bits per heavy atom. The molecule has 0 saturated heterocycles.